The quantitative estimate of drug-likeness (QED) is 0.365. The second kappa shape index (κ2) is 10.6. The zero-order chi connectivity index (χ0) is 26.1. The number of aryl methyl sites for hydroxylation is 2. The number of nitrogens with two attached hydrogens (primary N) is 1. The standard InChI is InChI=1S/C26H35N3O5S2/c1-16-15-28-25(35-16)29-23(31)9-5-17(11-13-30)24-22-7-4-18-14-19(34-36(3,32)33)6-8-20(18)21(22)10-12-26(24,2)27/h6,8,13-15,17,21-22,24H,4-5,7,9-12,27H2,1-3H3,(H,28,29,31). The van der Waals surface area contributed by atoms with E-state index in [-0.39, 0.29) is 29.6 Å². The fraction of sp³-hybridized carbons (Fsp3) is 0.577. The first-order valence-corrected chi connectivity index (χ1v) is 15.1. The van der Waals surface area contributed by atoms with Crippen molar-refractivity contribution in [2.45, 2.75) is 70.3 Å². The van der Waals surface area contributed by atoms with Gasteiger partial charge in [0, 0.05) is 29.5 Å². The number of benzene rings is 1. The summed E-state index contributed by atoms with van der Waals surface area (Å²) in [6, 6.07) is 5.55. The van der Waals surface area contributed by atoms with E-state index in [9.17, 15) is 18.0 Å². The molecule has 1 aromatic carbocycles. The third-order valence-electron chi connectivity index (χ3n) is 7.76. The van der Waals surface area contributed by atoms with Crippen LogP contribution in [0.25, 0.3) is 0 Å². The predicted octanol–water partition coefficient (Wildman–Crippen LogP) is 4.19. The Morgan fingerprint density at radius 1 is 1.39 bits per heavy atom. The number of aromatic nitrogens is 1. The molecule has 2 aliphatic carbocycles. The number of anilines is 1. The summed E-state index contributed by atoms with van der Waals surface area (Å²) >= 11 is 1.44. The summed E-state index contributed by atoms with van der Waals surface area (Å²) < 4.78 is 28.2. The smallest absolute Gasteiger partial charge is 0.306 e. The summed E-state index contributed by atoms with van der Waals surface area (Å²) in [5.74, 6) is 0.908. The largest absolute Gasteiger partial charge is 0.383 e. The molecule has 36 heavy (non-hydrogen) atoms. The van der Waals surface area contributed by atoms with Gasteiger partial charge in [-0.2, -0.15) is 8.42 Å². The molecule has 2 aromatic rings. The number of rotatable bonds is 9. The van der Waals surface area contributed by atoms with Crippen molar-refractivity contribution in [1.29, 1.82) is 0 Å². The summed E-state index contributed by atoms with van der Waals surface area (Å²) in [4.78, 5) is 29.6. The molecule has 0 bridgehead atoms. The van der Waals surface area contributed by atoms with Gasteiger partial charge in [0.15, 0.2) is 5.13 Å². The molecule has 4 rings (SSSR count). The number of hydrogen-bond acceptors (Lipinski definition) is 8. The van der Waals surface area contributed by atoms with Gasteiger partial charge in [0.2, 0.25) is 5.91 Å². The highest BCUT2D eigenvalue weighted by Gasteiger charge is 2.49. The first kappa shape index (κ1) is 26.8. The van der Waals surface area contributed by atoms with Gasteiger partial charge in [0.05, 0.1) is 6.26 Å². The normalized spacial score (nSPS) is 26.4. The molecular formula is C26H35N3O5S2. The lowest BCUT2D eigenvalue weighted by Gasteiger charge is -2.53. The molecule has 1 aromatic heterocycles. The van der Waals surface area contributed by atoms with Gasteiger partial charge in [0.25, 0.3) is 0 Å². The van der Waals surface area contributed by atoms with Crippen molar-refractivity contribution in [3.05, 3.63) is 40.4 Å². The van der Waals surface area contributed by atoms with Crippen molar-refractivity contribution in [1.82, 2.24) is 4.98 Å². The molecule has 0 aliphatic heterocycles. The van der Waals surface area contributed by atoms with Crippen LogP contribution < -0.4 is 15.2 Å². The average molecular weight is 534 g/mol. The van der Waals surface area contributed by atoms with Crippen molar-refractivity contribution in [3.8, 4) is 5.75 Å². The van der Waals surface area contributed by atoms with E-state index in [0.717, 1.165) is 48.7 Å². The van der Waals surface area contributed by atoms with Crippen LogP contribution in [0.2, 0.25) is 0 Å². The van der Waals surface area contributed by atoms with E-state index in [4.69, 9.17) is 9.92 Å². The number of fused-ring (bicyclic) bond motifs is 3. The van der Waals surface area contributed by atoms with E-state index in [2.05, 4.69) is 17.2 Å². The highest BCUT2D eigenvalue weighted by molar-refractivity contribution is 7.86. The molecule has 1 saturated carbocycles. The molecule has 5 unspecified atom stereocenters. The second-order valence-corrected chi connectivity index (χ2v) is 13.4. The van der Waals surface area contributed by atoms with Crippen LogP contribution in [0, 0.1) is 24.7 Å². The van der Waals surface area contributed by atoms with Gasteiger partial charge in [-0.05, 0) is 92.9 Å². The van der Waals surface area contributed by atoms with Crippen LogP contribution in [0.1, 0.15) is 67.4 Å². The van der Waals surface area contributed by atoms with Crippen molar-refractivity contribution < 1.29 is 22.2 Å². The number of aldehydes is 1. The molecule has 1 heterocycles. The zero-order valence-electron chi connectivity index (χ0n) is 21.0. The monoisotopic (exact) mass is 533 g/mol. The minimum atomic E-state index is -3.59. The Labute approximate surface area is 217 Å². The second-order valence-electron chi connectivity index (χ2n) is 10.6. The number of thiazole rings is 1. The molecule has 0 saturated heterocycles. The molecule has 2 aliphatic rings. The number of hydrogen-bond donors (Lipinski definition) is 2. The van der Waals surface area contributed by atoms with Gasteiger partial charge in [-0.15, -0.1) is 11.3 Å². The molecule has 0 radical (unpaired) electrons. The Morgan fingerprint density at radius 2 is 2.17 bits per heavy atom. The first-order chi connectivity index (χ1) is 17.0. The highest BCUT2D eigenvalue weighted by Crippen LogP contribution is 2.54. The third-order valence-corrected chi connectivity index (χ3v) is 9.08. The summed E-state index contributed by atoms with van der Waals surface area (Å²) in [6.45, 7) is 4.03. The molecule has 196 valence electrons. The van der Waals surface area contributed by atoms with Gasteiger partial charge in [0.1, 0.15) is 12.0 Å². The molecular weight excluding hydrogens is 498 g/mol. The topological polar surface area (TPSA) is 128 Å². The van der Waals surface area contributed by atoms with Crippen LogP contribution in [0.5, 0.6) is 5.75 Å². The van der Waals surface area contributed by atoms with Crippen molar-refractivity contribution in [2.75, 3.05) is 11.6 Å². The van der Waals surface area contributed by atoms with Gasteiger partial charge in [-0.1, -0.05) is 6.07 Å². The van der Waals surface area contributed by atoms with Crippen LogP contribution in [-0.2, 0) is 26.1 Å². The molecule has 3 N–H and O–H groups in total. The van der Waals surface area contributed by atoms with E-state index >= 15 is 0 Å². The van der Waals surface area contributed by atoms with Crippen LogP contribution in [0.3, 0.4) is 0 Å². The molecule has 8 nitrogen and oxygen atoms in total. The number of amides is 1. The van der Waals surface area contributed by atoms with Crippen molar-refractivity contribution in [2.24, 2.45) is 23.5 Å². The van der Waals surface area contributed by atoms with Crippen LogP contribution in [0.4, 0.5) is 5.13 Å². The Bertz CT molecular complexity index is 1220. The molecule has 1 fully saturated rings. The third kappa shape index (κ3) is 6.15. The minimum absolute atomic E-state index is 0.00321. The van der Waals surface area contributed by atoms with Crippen LogP contribution in [0.15, 0.2) is 24.4 Å². The Kier molecular flexibility index (Phi) is 7.87. The Morgan fingerprint density at radius 3 is 2.83 bits per heavy atom. The van der Waals surface area contributed by atoms with Gasteiger partial charge < -0.3 is 20.0 Å². The van der Waals surface area contributed by atoms with Gasteiger partial charge >= 0.3 is 10.1 Å². The summed E-state index contributed by atoms with van der Waals surface area (Å²) in [6.07, 6.45) is 8.45. The maximum absolute atomic E-state index is 12.6. The SMILES string of the molecule is Cc1cnc(NC(=O)CCC(CC=O)C2C3CCc4cc(OS(C)(=O)=O)ccc4C3CCC2(C)N)s1. The average Bonchev–Trinajstić information content (AvgIpc) is 3.19. The minimum Gasteiger partial charge on any atom is -0.383 e. The fourth-order valence-corrected chi connectivity index (χ4v) is 7.56. The first-order valence-electron chi connectivity index (χ1n) is 12.4. The van der Waals surface area contributed by atoms with E-state index in [1.165, 1.54) is 16.9 Å². The summed E-state index contributed by atoms with van der Waals surface area (Å²) in [5.41, 5.74) is 8.79. The Balaban J connectivity index is 1.53. The Hall–Kier alpha value is -2.30. The lowest BCUT2D eigenvalue weighted by atomic mass is 9.54. The number of carbonyl (C=O) groups excluding carboxylic acids is 2. The van der Waals surface area contributed by atoms with E-state index in [1.807, 2.05) is 19.1 Å². The maximum Gasteiger partial charge on any atom is 0.306 e. The molecule has 0 spiro atoms. The fourth-order valence-electron chi connectivity index (χ4n) is 6.43. The number of carbonyl (C=O) groups is 2. The van der Waals surface area contributed by atoms with E-state index in [1.54, 1.807) is 12.3 Å². The van der Waals surface area contributed by atoms with Crippen LogP contribution in [-0.4, -0.2) is 37.4 Å². The van der Waals surface area contributed by atoms with Gasteiger partial charge in [-0.25, -0.2) is 4.98 Å². The number of nitrogens with one attached hydrogen (secondary N) is 1. The summed E-state index contributed by atoms with van der Waals surface area (Å²) in [5, 5.41) is 3.46. The summed E-state index contributed by atoms with van der Waals surface area (Å²) in [7, 11) is -3.59. The van der Waals surface area contributed by atoms with Crippen molar-refractivity contribution >= 4 is 38.8 Å². The highest BCUT2D eigenvalue weighted by atomic mass is 32.2. The van der Waals surface area contributed by atoms with Gasteiger partial charge in [-0.3, -0.25) is 4.79 Å². The lowest BCUT2D eigenvalue weighted by molar-refractivity contribution is -0.117. The van der Waals surface area contributed by atoms with Crippen LogP contribution >= 0.6 is 11.3 Å². The maximum atomic E-state index is 12.6. The van der Waals surface area contributed by atoms with E-state index in [0.29, 0.717) is 30.1 Å². The molecule has 1 amide bonds. The predicted molar refractivity (Wildman–Crippen MR) is 141 cm³/mol. The zero-order valence-corrected chi connectivity index (χ0v) is 22.7. The molecule has 5 atom stereocenters. The van der Waals surface area contributed by atoms with Crippen molar-refractivity contribution in [3.63, 3.8) is 0 Å². The number of nitrogens with zero attached hydrogens (tertiary/aromatic N) is 1. The lowest BCUT2D eigenvalue weighted by Crippen LogP contribution is -2.55. The van der Waals surface area contributed by atoms with E-state index < -0.39 is 15.7 Å². The molecule has 10 heteroatoms.